The molecule has 8 heteroatoms. The molecule has 1 aromatic carbocycles. The number of nitrogens with zero attached hydrogens (tertiary/aromatic N) is 4. The standard InChI is InChI=1S/C20H23F3N4O/c1-12(2)16-15-10-24-27(19(3,4)5)17(15)18(28)26(25-16)11-13-7-6-8-14(9-13)20(21,22)23/h6-10,12H,11H2,1-5H3. The third kappa shape index (κ3) is 3.68. The van der Waals surface area contributed by atoms with Gasteiger partial charge >= 0.3 is 6.18 Å². The first-order chi connectivity index (χ1) is 12.9. The van der Waals surface area contributed by atoms with Crippen molar-refractivity contribution in [2.24, 2.45) is 0 Å². The Morgan fingerprint density at radius 1 is 1.14 bits per heavy atom. The molecule has 2 aromatic heterocycles. The van der Waals surface area contributed by atoms with Crippen LogP contribution in [-0.2, 0) is 18.3 Å². The molecule has 3 aromatic rings. The maximum Gasteiger partial charge on any atom is 0.416 e. The van der Waals surface area contributed by atoms with Crippen molar-refractivity contribution >= 4 is 10.9 Å². The van der Waals surface area contributed by atoms with E-state index in [1.807, 2.05) is 34.6 Å². The van der Waals surface area contributed by atoms with Crippen molar-refractivity contribution in [3.8, 4) is 0 Å². The van der Waals surface area contributed by atoms with E-state index in [9.17, 15) is 18.0 Å². The van der Waals surface area contributed by atoms with Gasteiger partial charge in [0.25, 0.3) is 5.56 Å². The number of rotatable bonds is 3. The molecule has 0 amide bonds. The highest BCUT2D eigenvalue weighted by Crippen LogP contribution is 2.30. The van der Waals surface area contributed by atoms with E-state index < -0.39 is 17.3 Å². The Kier molecular flexibility index (Phi) is 4.85. The van der Waals surface area contributed by atoms with E-state index in [-0.39, 0.29) is 18.0 Å². The van der Waals surface area contributed by atoms with Crippen LogP contribution in [0.3, 0.4) is 0 Å². The summed E-state index contributed by atoms with van der Waals surface area (Å²) in [7, 11) is 0. The van der Waals surface area contributed by atoms with Gasteiger partial charge in [-0.1, -0.05) is 26.0 Å². The maximum atomic E-state index is 13.1. The molecule has 5 nitrogen and oxygen atoms in total. The summed E-state index contributed by atoms with van der Waals surface area (Å²) >= 11 is 0. The summed E-state index contributed by atoms with van der Waals surface area (Å²) in [5, 5.41) is 9.51. The molecule has 0 saturated heterocycles. The van der Waals surface area contributed by atoms with Crippen molar-refractivity contribution < 1.29 is 13.2 Å². The van der Waals surface area contributed by atoms with Crippen molar-refractivity contribution in [2.75, 3.05) is 0 Å². The number of fused-ring (bicyclic) bond motifs is 1. The minimum absolute atomic E-state index is 0.0217. The van der Waals surface area contributed by atoms with Crippen LogP contribution in [0.5, 0.6) is 0 Å². The molecule has 0 aliphatic heterocycles. The van der Waals surface area contributed by atoms with E-state index in [1.165, 1.54) is 10.7 Å². The first kappa shape index (κ1) is 20.1. The molecule has 0 fully saturated rings. The van der Waals surface area contributed by atoms with Gasteiger partial charge in [-0.3, -0.25) is 9.48 Å². The number of alkyl halides is 3. The lowest BCUT2D eigenvalue weighted by atomic mass is 10.1. The molecule has 0 bridgehead atoms. The Bertz CT molecular complexity index is 1070. The monoisotopic (exact) mass is 392 g/mol. The predicted molar refractivity (Wildman–Crippen MR) is 101 cm³/mol. The number of hydrogen-bond donors (Lipinski definition) is 0. The van der Waals surface area contributed by atoms with Gasteiger partial charge < -0.3 is 0 Å². The summed E-state index contributed by atoms with van der Waals surface area (Å²) in [6.07, 6.45) is -2.80. The zero-order chi connectivity index (χ0) is 20.9. The van der Waals surface area contributed by atoms with Crippen LogP contribution < -0.4 is 5.56 Å². The van der Waals surface area contributed by atoms with Crippen molar-refractivity contribution in [1.82, 2.24) is 19.6 Å². The molecule has 2 heterocycles. The first-order valence-corrected chi connectivity index (χ1v) is 9.05. The van der Waals surface area contributed by atoms with Crippen molar-refractivity contribution in [3.63, 3.8) is 0 Å². The van der Waals surface area contributed by atoms with Crippen molar-refractivity contribution in [3.05, 3.63) is 57.6 Å². The van der Waals surface area contributed by atoms with Crippen LogP contribution in [0.1, 0.15) is 57.4 Å². The second-order valence-electron chi connectivity index (χ2n) is 8.19. The highest BCUT2D eigenvalue weighted by atomic mass is 19.4. The van der Waals surface area contributed by atoms with Crippen LogP contribution in [0.15, 0.2) is 35.3 Å². The fraction of sp³-hybridized carbons (Fsp3) is 0.450. The fourth-order valence-corrected chi connectivity index (χ4v) is 3.15. The second kappa shape index (κ2) is 6.76. The van der Waals surface area contributed by atoms with Crippen LogP contribution in [0.4, 0.5) is 13.2 Å². The largest absolute Gasteiger partial charge is 0.416 e. The summed E-state index contributed by atoms with van der Waals surface area (Å²) in [5.41, 5.74) is -0.0763. The molecule has 0 saturated carbocycles. The molecule has 0 atom stereocenters. The summed E-state index contributed by atoms with van der Waals surface area (Å²) < 4.78 is 41.9. The highest BCUT2D eigenvalue weighted by Gasteiger charge is 2.30. The zero-order valence-corrected chi connectivity index (χ0v) is 16.5. The Morgan fingerprint density at radius 3 is 2.39 bits per heavy atom. The second-order valence-corrected chi connectivity index (χ2v) is 8.19. The lowest BCUT2D eigenvalue weighted by Crippen LogP contribution is -2.31. The van der Waals surface area contributed by atoms with Gasteiger partial charge in [0.1, 0.15) is 5.52 Å². The summed E-state index contributed by atoms with van der Waals surface area (Å²) in [6.45, 7) is 9.67. The Balaban J connectivity index is 2.19. The van der Waals surface area contributed by atoms with Gasteiger partial charge in [0.15, 0.2) is 0 Å². The first-order valence-electron chi connectivity index (χ1n) is 9.05. The van der Waals surface area contributed by atoms with Gasteiger partial charge in [0, 0.05) is 5.39 Å². The predicted octanol–water partition coefficient (Wildman–Crippen LogP) is 4.54. The quantitative estimate of drug-likeness (QED) is 0.658. The zero-order valence-electron chi connectivity index (χ0n) is 16.5. The average molecular weight is 392 g/mol. The SMILES string of the molecule is CC(C)c1nn(Cc2cccc(C(F)(F)F)c2)c(=O)c2c1cnn2C(C)(C)C. The Labute approximate surface area is 160 Å². The lowest BCUT2D eigenvalue weighted by Gasteiger charge is -2.21. The molecule has 0 unspecified atom stereocenters. The van der Waals surface area contributed by atoms with Gasteiger partial charge in [-0.25, -0.2) is 4.68 Å². The molecule has 0 aliphatic carbocycles. The van der Waals surface area contributed by atoms with Crippen LogP contribution in [0, 0.1) is 0 Å². The number of aromatic nitrogens is 4. The van der Waals surface area contributed by atoms with Gasteiger partial charge in [0.2, 0.25) is 0 Å². The van der Waals surface area contributed by atoms with Crippen LogP contribution in [-0.4, -0.2) is 19.6 Å². The van der Waals surface area contributed by atoms with E-state index in [1.54, 1.807) is 16.9 Å². The molecule has 0 aliphatic rings. The normalized spacial score (nSPS) is 12.9. The minimum atomic E-state index is -4.44. The number of benzene rings is 1. The third-order valence-electron chi connectivity index (χ3n) is 4.48. The summed E-state index contributed by atoms with van der Waals surface area (Å²) in [5.74, 6) is 0.0217. The molecule has 0 spiro atoms. The molecule has 3 rings (SSSR count). The van der Waals surface area contributed by atoms with Gasteiger partial charge in [-0.2, -0.15) is 23.4 Å². The molecular formula is C20H23F3N4O. The fourth-order valence-electron chi connectivity index (χ4n) is 3.15. The summed E-state index contributed by atoms with van der Waals surface area (Å²) in [4.78, 5) is 13.1. The Morgan fingerprint density at radius 2 is 1.82 bits per heavy atom. The average Bonchev–Trinajstić information content (AvgIpc) is 3.02. The van der Waals surface area contributed by atoms with E-state index in [0.29, 0.717) is 22.2 Å². The van der Waals surface area contributed by atoms with E-state index in [2.05, 4.69) is 10.2 Å². The van der Waals surface area contributed by atoms with Gasteiger partial charge in [-0.05, 0) is 44.4 Å². The van der Waals surface area contributed by atoms with Crippen LogP contribution >= 0.6 is 0 Å². The maximum absolute atomic E-state index is 13.1. The smallest absolute Gasteiger partial charge is 0.265 e. The van der Waals surface area contributed by atoms with Crippen LogP contribution in [0.25, 0.3) is 10.9 Å². The molecule has 0 N–H and O–H groups in total. The van der Waals surface area contributed by atoms with Crippen LogP contribution in [0.2, 0.25) is 0 Å². The highest BCUT2D eigenvalue weighted by molar-refractivity contribution is 5.80. The van der Waals surface area contributed by atoms with E-state index >= 15 is 0 Å². The molecule has 0 radical (unpaired) electrons. The Hall–Kier alpha value is -2.64. The minimum Gasteiger partial charge on any atom is -0.265 e. The molecular weight excluding hydrogens is 369 g/mol. The van der Waals surface area contributed by atoms with Gasteiger partial charge in [-0.15, -0.1) is 0 Å². The van der Waals surface area contributed by atoms with E-state index in [0.717, 1.165) is 12.1 Å². The third-order valence-corrected chi connectivity index (χ3v) is 4.48. The lowest BCUT2D eigenvalue weighted by molar-refractivity contribution is -0.137. The van der Waals surface area contributed by atoms with Crippen molar-refractivity contribution in [1.29, 1.82) is 0 Å². The number of halogens is 3. The van der Waals surface area contributed by atoms with E-state index in [4.69, 9.17) is 0 Å². The molecule has 28 heavy (non-hydrogen) atoms. The molecule has 150 valence electrons. The summed E-state index contributed by atoms with van der Waals surface area (Å²) in [6, 6.07) is 4.96. The van der Waals surface area contributed by atoms with Gasteiger partial charge in [0.05, 0.1) is 29.5 Å². The number of hydrogen-bond acceptors (Lipinski definition) is 3. The topological polar surface area (TPSA) is 52.7 Å². The van der Waals surface area contributed by atoms with Crippen molar-refractivity contribution in [2.45, 2.75) is 58.8 Å².